The molecule has 2 atom stereocenters. The summed E-state index contributed by atoms with van der Waals surface area (Å²) in [5.41, 5.74) is 1.15. The Kier molecular flexibility index (Phi) is 5.82. The number of hydrogen-bond acceptors (Lipinski definition) is 5. The minimum absolute atomic E-state index is 0.0520. The first-order chi connectivity index (χ1) is 13.7. The van der Waals surface area contributed by atoms with Gasteiger partial charge in [-0.05, 0) is 38.7 Å². The third-order valence-electron chi connectivity index (χ3n) is 6.44. The lowest BCUT2D eigenvalue weighted by molar-refractivity contribution is -0.140. The molecule has 8 nitrogen and oxygen atoms in total. The first kappa shape index (κ1) is 21.1. The highest BCUT2D eigenvalue weighted by Crippen LogP contribution is 2.38. The molecule has 1 aromatic heterocycles. The second-order valence-corrected chi connectivity index (χ2v) is 8.13. The number of ether oxygens (including phenoxy) is 1. The summed E-state index contributed by atoms with van der Waals surface area (Å²) < 4.78 is 6.55. The summed E-state index contributed by atoms with van der Waals surface area (Å²) in [6, 6.07) is 1.25. The van der Waals surface area contributed by atoms with Crippen LogP contribution in [-0.4, -0.2) is 52.4 Å². The van der Waals surface area contributed by atoms with Crippen molar-refractivity contribution in [1.29, 1.82) is 0 Å². The second-order valence-electron chi connectivity index (χ2n) is 8.13. The molecule has 3 amide bonds. The topological polar surface area (TPSA) is 97.7 Å². The Labute approximate surface area is 170 Å². The Morgan fingerprint density at radius 1 is 1.28 bits per heavy atom. The molecule has 2 aliphatic rings. The SMILES string of the molecule is COC(=O)CCn1c(C)cc(C(=O)CN2C(=O)N[C@@]3(CCCC[C@H]3C)C2=O)c1C. The van der Waals surface area contributed by atoms with E-state index in [0.29, 0.717) is 24.2 Å². The Morgan fingerprint density at radius 3 is 2.66 bits per heavy atom. The van der Waals surface area contributed by atoms with E-state index in [9.17, 15) is 19.2 Å². The van der Waals surface area contributed by atoms with Crippen molar-refractivity contribution in [1.82, 2.24) is 14.8 Å². The Hall–Kier alpha value is -2.64. The van der Waals surface area contributed by atoms with Crippen LogP contribution in [0.4, 0.5) is 4.79 Å². The summed E-state index contributed by atoms with van der Waals surface area (Å²) >= 11 is 0. The number of nitrogens with zero attached hydrogens (tertiary/aromatic N) is 2. The van der Waals surface area contributed by atoms with Crippen LogP contribution >= 0.6 is 0 Å². The van der Waals surface area contributed by atoms with Gasteiger partial charge in [0.1, 0.15) is 5.54 Å². The normalized spacial score (nSPS) is 24.1. The van der Waals surface area contributed by atoms with Crippen molar-refractivity contribution >= 4 is 23.7 Å². The highest BCUT2D eigenvalue weighted by Gasteiger charge is 2.55. The van der Waals surface area contributed by atoms with Gasteiger partial charge in [-0.15, -0.1) is 0 Å². The summed E-state index contributed by atoms with van der Waals surface area (Å²) in [5.74, 6) is -0.846. The minimum Gasteiger partial charge on any atom is -0.469 e. The lowest BCUT2D eigenvalue weighted by atomic mass is 9.73. The van der Waals surface area contributed by atoms with Crippen LogP contribution < -0.4 is 5.32 Å². The van der Waals surface area contributed by atoms with E-state index in [2.05, 4.69) is 10.1 Å². The quantitative estimate of drug-likeness (QED) is 0.447. The molecule has 1 aromatic rings. The van der Waals surface area contributed by atoms with Crippen molar-refractivity contribution in [3.8, 4) is 0 Å². The number of urea groups is 1. The first-order valence-electron chi connectivity index (χ1n) is 10.1. The predicted molar refractivity (Wildman–Crippen MR) is 105 cm³/mol. The van der Waals surface area contributed by atoms with E-state index in [4.69, 9.17) is 0 Å². The van der Waals surface area contributed by atoms with Crippen LogP contribution in [0.2, 0.25) is 0 Å². The molecule has 1 saturated carbocycles. The van der Waals surface area contributed by atoms with E-state index < -0.39 is 11.6 Å². The third kappa shape index (κ3) is 3.68. The molecular formula is C21H29N3O5. The van der Waals surface area contributed by atoms with Crippen molar-refractivity contribution in [3.63, 3.8) is 0 Å². The smallest absolute Gasteiger partial charge is 0.325 e. The van der Waals surface area contributed by atoms with Crippen LogP contribution in [0.3, 0.4) is 0 Å². The summed E-state index contributed by atoms with van der Waals surface area (Å²) in [6.07, 6.45) is 3.64. The number of carbonyl (C=O) groups is 4. The van der Waals surface area contributed by atoms with E-state index in [1.54, 1.807) is 13.0 Å². The molecule has 29 heavy (non-hydrogen) atoms. The number of hydrogen-bond donors (Lipinski definition) is 1. The van der Waals surface area contributed by atoms with Gasteiger partial charge in [0, 0.05) is 23.5 Å². The number of aromatic nitrogens is 1. The Bertz CT molecular complexity index is 859. The van der Waals surface area contributed by atoms with Crippen LogP contribution in [0.15, 0.2) is 6.07 Å². The molecular weight excluding hydrogens is 374 g/mol. The molecule has 3 rings (SSSR count). The van der Waals surface area contributed by atoms with E-state index in [0.717, 1.165) is 29.9 Å². The van der Waals surface area contributed by atoms with Gasteiger partial charge in [-0.1, -0.05) is 19.8 Å². The Balaban J connectivity index is 1.76. The van der Waals surface area contributed by atoms with Crippen molar-refractivity contribution in [2.45, 2.75) is 65.0 Å². The number of methoxy groups -OCH3 is 1. The molecule has 8 heteroatoms. The molecule has 2 fully saturated rings. The summed E-state index contributed by atoms with van der Waals surface area (Å²) in [5, 5.41) is 2.87. The fraction of sp³-hybridized carbons (Fsp3) is 0.619. The van der Waals surface area contributed by atoms with Gasteiger partial charge in [0.05, 0.1) is 20.1 Å². The predicted octanol–water partition coefficient (Wildman–Crippen LogP) is 2.35. The number of imide groups is 1. The van der Waals surface area contributed by atoms with Gasteiger partial charge in [0.15, 0.2) is 5.78 Å². The van der Waals surface area contributed by atoms with E-state index in [-0.39, 0.29) is 36.5 Å². The molecule has 1 saturated heterocycles. The van der Waals surface area contributed by atoms with Crippen LogP contribution in [0.5, 0.6) is 0 Å². The molecule has 1 N–H and O–H groups in total. The lowest BCUT2D eigenvalue weighted by Crippen LogP contribution is -2.54. The standard InChI is InChI=1S/C21H29N3O5/c1-13-7-5-6-9-21(13)19(27)24(20(28)22-21)12-17(25)16-11-14(2)23(15(16)3)10-8-18(26)29-4/h11,13H,5-10,12H2,1-4H3,(H,22,28)/t13-,21-/m1/s1. The number of esters is 1. The largest absolute Gasteiger partial charge is 0.469 e. The van der Waals surface area contributed by atoms with Crippen LogP contribution in [0.25, 0.3) is 0 Å². The average Bonchev–Trinajstić information content (AvgIpc) is 3.10. The zero-order valence-electron chi connectivity index (χ0n) is 17.5. The fourth-order valence-corrected chi connectivity index (χ4v) is 4.60. The maximum atomic E-state index is 13.1. The van der Waals surface area contributed by atoms with E-state index in [1.807, 2.05) is 18.4 Å². The van der Waals surface area contributed by atoms with Gasteiger partial charge >= 0.3 is 12.0 Å². The van der Waals surface area contributed by atoms with Gasteiger partial charge in [-0.3, -0.25) is 19.3 Å². The van der Waals surface area contributed by atoms with Gasteiger partial charge in [-0.2, -0.15) is 0 Å². The maximum Gasteiger partial charge on any atom is 0.325 e. The number of aryl methyl sites for hydroxylation is 1. The zero-order valence-corrected chi connectivity index (χ0v) is 17.5. The molecule has 0 unspecified atom stereocenters. The molecule has 0 bridgehead atoms. The van der Waals surface area contributed by atoms with Gasteiger partial charge in [-0.25, -0.2) is 4.79 Å². The number of carbonyl (C=O) groups excluding carboxylic acids is 4. The highest BCUT2D eigenvalue weighted by molar-refractivity contribution is 6.11. The number of rotatable bonds is 6. The van der Waals surface area contributed by atoms with Crippen LogP contribution in [0.1, 0.15) is 60.8 Å². The molecule has 2 heterocycles. The van der Waals surface area contributed by atoms with Crippen molar-refractivity contribution < 1.29 is 23.9 Å². The number of ketones is 1. The number of amides is 3. The second kappa shape index (κ2) is 8.00. The number of Topliss-reactive ketones (excluding diaryl/α,β-unsaturated/α-hetero) is 1. The average molecular weight is 403 g/mol. The lowest BCUT2D eigenvalue weighted by Gasteiger charge is -2.36. The van der Waals surface area contributed by atoms with Crippen molar-refractivity contribution in [2.24, 2.45) is 5.92 Å². The summed E-state index contributed by atoms with van der Waals surface area (Å²) in [6.45, 7) is 5.76. The van der Waals surface area contributed by atoms with Gasteiger partial charge in [0.25, 0.3) is 5.91 Å². The van der Waals surface area contributed by atoms with Crippen LogP contribution in [0, 0.1) is 19.8 Å². The Morgan fingerprint density at radius 2 is 2.00 bits per heavy atom. The van der Waals surface area contributed by atoms with E-state index in [1.165, 1.54) is 7.11 Å². The van der Waals surface area contributed by atoms with Crippen molar-refractivity contribution in [2.75, 3.05) is 13.7 Å². The van der Waals surface area contributed by atoms with Gasteiger partial charge in [0.2, 0.25) is 0 Å². The molecule has 1 spiro atoms. The van der Waals surface area contributed by atoms with E-state index >= 15 is 0 Å². The maximum absolute atomic E-state index is 13.1. The fourth-order valence-electron chi connectivity index (χ4n) is 4.60. The van der Waals surface area contributed by atoms with Crippen LogP contribution in [-0.2, 0) is 20.9 Å². The summed E-state index contributed by atoms with van der Waals surface area (Å²) in [4.78, 5) is 51.0. The monoisotopic (exact) mass is 403 g/mol. The first-order valence-corrected chi connectivity index (χ1v) is 10.1. The highest BCUT2D eigenvalue weighted by atomic mass is 16.5. The minimum atomic E-state index is -0.868. The molecule has 1 aliphatic heterocycles. The molecule has 0 radical (unpaired) electrons. The molecule has 158 valence electrons. The molecule has 0 aromatic carbocycles. The summed E-state index contributed by atoms with van der Waals surface area (Å²) in [7, 11) is 1.34. The molecule has 1 aliphatic carbocycles. The number of nitrogens with one attached hydrogen (secondary N) is 1. The zero-order chi connectivity index (χ0) is 21.3. The van der Waals surface area contributed by atoms with Crippen molar-refractivity contribution in [3.05, 3.63) is 23.0 Å². The third-order valence-corrected chi connectivity index (χ3v) is 6.44. The van der Waals surface area contributed by atoms with Gasteiger partial charge < -0.3 is 14.6 Å².